The molecule has 3 nitrogen and oxygen atoms in total. The first-order chi connectivity index (χ1) is 10.2. The molecule has 1 saturated carbocycles. The Balaban J connectivity index is 1.93. The summed E-state index contributed by atoms with van der Waals surface area (Å²) >= 11 is 0. The monoisotopic (exact) mass is 294 g/mol. The van der Waals surface area contributed by atoms with E-state index in [0.29, 0.717) is 23.8 Å². The van der Waals surface area contributed by atoms with Crippen molar-refractivity contribution >= 4 is 5.91 Å². The van der Waals surface area contributed by atoms with Crippen LogP contribution < -0.4 is 5.32 Å². The lowest BCUT2D eigenvalue weighted by atomic mass is 9.89. The summed E-state index contributed by atoms with van der Waals surface area (Å²) < 4.78 is 0. The van der Waals surface area contributed by atoms with E-state index in [1.54, 1.807) is 0 Å². The van der Waals surface area contributed by atoms with Gasteiger partial charge in [0.2, 0.25) is 5.91 Å². The van der Waals surface area contributed by atoms with Gasteiger partial charge in [-0.1, -0.05) is 32.1 Å². The lowest BCUT2D eigenvalue weighted by molar-refractivity contribution is -0.138. The van der Waals surface area contributed by atoms with Crippen molar-refractivity contribution < 1.29 is 4.79 Å². The zero-order chi connectivity index (χ0) is 15.1. The minimum Gasteiger partial charge on any atom is -0.340 e. The molecule has 0 atom stereocenters. The number of hydrogen-bond acceptors (Lipinski definition) is 2. The molecule has 3 heteroatoms. The average Bonchev–Trinajstić information content (AvgIpc) is 2.44. The Hall–Kier alpha value is -0.570. The van der Waals surface area contributed by atoms with E-state index in [1.165, 1.54) is 44.9 Å². The van der Waals surface area contributed by atoms with Crippen molar-refractivity contribution in [1.82, 2.24) is 10.2 Å². The van der Waals surface area contributed by atoms with Crippen LogP contribution in [-0.2, 0) is 4.79 Å². The maximum absolute atomic E-state index is 13.0. The standard InChI is InChI=1S/C18H34N2O/c1-15(2)20(14-16-10-12-19-13-11-16)18(21)17-8-6-4-3-5-7-9-17/h15-17,19H,3-14H2,1-2H3. The Labute approximate surface area is 130 Å². The van der Waals surface area contributed by atoms with Gasteiger partial charge in [-0.05, 0) is 58.5 Å². The van der Waals surface area contributed by atoms with Crippen LogP contribution in [0.15, 0.2) is 0 Å². The van der Waals surface area contributed by atoms with Crippen molar-refractivity contribution in [3.05, 3.63) is 0 Å². The Bertz CT molecular complexity index is 302. The second-order valence-electron chi connectivity index (χ2n) is 7.32. The first-order valence-electron chi connectivity index (χ1n) is 9.19. The lowest BCUT2D eigenvalue weighted by Crippen LogP contribution is -2.45. The highest BCUT2D eigenvalue weighted by Crippen LogP contribution is 2.26. The number of hydrogen-bond donors (Lipinski definition) is 1. The van der Waals surface area contributed by atoms with Crippen LogP contribution in [0.1, 0.15) is 71.6 Å². The fraction of sp³-hybridized carbons (Fsp3) is 0.944. The number of nitrogens with zero attached hydrogens (tertiary/aromatic N) is 1. The smallest absolute Gasteiger partial charge is 0.225 e. The summed E-state index contributed by atoms with van der Waals surface area (Å²) in [6.07, 6.45) is 11.2. The molecule has 21 heavy (non-hydrogen) atoms. The largest absolute Gasteiger partial charge is 0.340 e. The van der Waals surface area contributed by atoms with Gasteiger partial charge in [0.15, 0.2) is 0 Å². The first kappa shape index (κ1) is 16.8. The van der Waals surface area contributed by atoms with Crippen LogP contribution in [0.3, 0.4) is 0 Å². The van der Waals surface area contributed by atoms with Crippen LogP contribution in [0.4, 0.5) is 0 Å². The SMILES string of the molecule is CC(C)N(CC1CCNCC1)C(=O)C1CCCCCCC1. The molecule has 122 valence electrons. The van der Waals surface area contributed by atoms with Gasteiger partial charge in [0.05, 0.1) is 0 Å². The summed E-state index contributed by atoms with van der Waals surface area (Å²) in [7, 11) is 0. The Morgan fingerprint density at radius 1 is 1.00 bits per heavy atom. The summed E-state index contributed by atoms with van der Waals surface area (Å²) in [6, 6.07) is 0.345. The number of carbonyl (C=O) groups is 1. The van der Waals surface area contributed by atoms with E-state index in [1.807, 2.05) is 0 Å². The molecule has 0 spiro atoms. The first-order valence-corrected chi connectivity index (χ1v) is 9.19. The third-order valence-electron chi connectivity index (χ3n) is 5.27. The summed E-state index contributed by atoms with van der Waals surface area (Å²) in [5, 5.41) is 3.42. The molecule has 0 unspecified atom stereocenters. The topological polar surface area (TPSA) is 32.3 Å². The van der Waals surface area contributed by atoms with Crippen molar-refractivity contribution in [3.63, 3.8) is 0 Å². The van der Waals surface area contributed by atoms with Crippen LogP contribution in [0.25, 0.3) is 0 Å². The van der Waals surface area contributed by atoms with Crippen LogP contribution in [-0.4, -0.2) is 36.5 Å². The summed E-state index contributed by atoms with van der Waals surface area (Å²) in [5.74, 6) is 1.45. The second kappa shape index (κ2) is 8.77. The van der Waals surface area contributed by atoms with Gasteiger partial charge in [-0.3, -0.25) is 4.79 Å². The molecule has 2 aliphatic rings. The van der Waals surface area contributed by atoms with Gasteiger partial charge >= 0.3 is 0 Å². The van der Waals surface area contributed by atoms with Crippen molar-refractivity contribution in [2.45, 2.75) is 77.7 Å². The van der Waals surface area contributed by atoms with Crippen LogP contribution in [0.2, 0.25) is 0 Å². The highest BCUT2D eigenvalue weighted by atomic mass is 16.2. The maximum Gasteiger partial charge on any atom is 0.225 e. The normalized spacial score (nSPS) is 22.8. The Morgan fingerprint density at radius 2 is 1.57 bits per heavy atom. The summed E-state index contributed by atoms with van der Waals surface area (Å²) in [4.78, 5) is 15.2. The van der Waals surface area contributed by atoms with Crippen molar-refractivity contribution in [2.75, 3.05) is 19.6 Å². The van der Waals surface area contributed by atoms with Gasteiger partial charge in [0.25, 0.3) is 0 Å². The predicted molar refractivity (Wildman–Crippen MR) is 88.3 cm³/mol. The van der Waals surface area contributed by atoms with E-state index in [2.05, 4.69) is 24.1 Å². The molecule has 0 bridgehead atoms. The van der Waals surface area contributed by atoms with Gasteiger partial charge in [-0.2, -0.15) is 0 Å². The van der Waals surface area contributed by atoms with Crippen LogP contribution >= 0.6 is 0 Å². The minimum atomic E-state index is 0.300. The number of carbonyl (C=O) groups excluding carboxylic acids is 1. The minimum absolute atomic E-state index is 0.300. The third kappa shape index (κ3) is 5.28. The quantitative estimate of drug-likeness (QED) is 0.859. The van der Waals surface area contributed by atoms with Gasteiger partial charge in [0.1, 0.15) is 0 Å². The van der Waals surface area contributed by atoms with E-state index in [-0.39, 0.29) is 0 Å². The molecular formula is C18H34N2O. The molecule has 1 heterocycles. The molecule has 0 aromatic carbocycles. The number of rotatable bonds is 4. The number of nitrogens with one attached hydrogen (secondary N) is 1. The zero-order valence-electron chi connectivity index (χ0n) is 14.1. The molecule has 1 amide bonds. The Morgan fingerprint density at radius 3 is 2.14 bits per heavy atom. The summed E-state index contributed by atoms with van der Waals surface area (Å²) in [6.45, 7) is 7.58. The summed E-state index contributed by atoms with van der Waals surface area (Å²) in [5.41, 5.74) is 0. The molecule has 0 aromatic rings. The molecule has 2 fully saturated rings. The third-order valence-corrected chi connectivity index (χ3v) is 5.27. The molecule has 1 saturated heterocycles. The van der Waals surface area contributed by atoms with Crippen molar-refractivity contribution in [2.24, 2.45) is 11.8 Å². The van der Waals surface area contributed by atoms with E-state index in [0.717, 1.165) is 32.5 Å². The van der Waals surface area contributed by atoms with Gasteiger partial charge < -0.3 is 10.2 Å². The molecule has 0 aromatic heterocycles. The van der Waals surface area contributed by atoms with Gasteiger partial charge in [0, 0.05) is 18.5 Å². The van der Waals surface area contributed by atoms with Crippen LogP contribution in [0.5, 0.6) is 0 Å². The van der Waals surface area contributed by atoms with E-state index in [4.69, 9.17) is 0 Å². The van der Waals surface area contributed by atoms with Gasteiger partial charge in [-0.25, -0.2) is 0 Å². The van der Waals surface area contributed by atoms with E-state index in [9.17, 15) is 4.79 Å². The zero-order valence-corrected chi connectivity index (χ0v) is 14.1. The molecule has 0 radical (unpaired) electrons. The van der Waals surface area contributed by atoms with E-state index >= 15 is 0 Å². The molecule has 2 rings (SSSR count). The van der Waals surface area contributed by atoms with Gasteiger partial charge in [-0.15, -0.1) is 0 Å². The fourth-order valence-electron chi connectivity index (χ4n) is 3.84. The number of amides is 1. The fourth-order valence-corrected chi connectivity index (χ4v) is 3.84. The highest BCUT2D eigenvalue weighted by molar-refractivity contribution is 5.79. The van der Waals surface area contributed by atoms with Crippen molar-refractivity contribution in [3.8, 4) is 0 Å². The maximum atomic E-state index is 13.0. The average molecular weight is 294 g/mol. The highest BCUT2D eigenvalue weighted by Gasteiger charge is 2.28. The lowest BCUT2D eigenvalue weighted by Gasteiger charge is -2.35. The Kier molecular flexibility index (Phi) is 7.01. The molecule has 1 aliphatic carbocycles. The molecule has 1 aliphatic heterocycles. The predicted octanol–water partition coefficient (Wildman–Crippen LogP) is 3.58. The number of piperidine rings is 1. The second-order valence-corrected chi connectivity index (χ2v) is 7.32. The van der Waals surface area contributed by atoms with Crippen molar-refractivity contribution in [1.29, 1.82) is 0 Å². The molecular weight excluding hydrogens is 260 g/mol. The van der Waals surface area contributed by atoms with Crippen LogP contribution in [0, 0.1) is 11.8 Å². The van der Waals surface area contributed by atoms with E-state index < -0.39 is 0 Å². The molecule has 1 N–H and O–H groups in total.